The Balaban J connectivity index is 2.63. The lowest BCUT2D eigenvalue weighted by atomic mass is 10.1. The zero-order valence-electron chi connectivity index (χ0n) is 50.5. The molecule has 0 aromatic heterocycles. The van der Waals surface area contributed by atoms with Gasteiger partial charge in [-0.1, -0.05) is 231 Å². The number of amides is 1. The third-order valence-corrected chi connectivity index (χ3v) is 15.4. The van der Waals surface area contributed by atoms with Gasteiger partial charge in [0.25, 0.3) is 0 Å². The smallest absolute Gasteiger partial charge is 0.410 e. The normalized spacial score (nSPS) is 13.9. The molecule has 1 heterocycles. The topological polar surface area (TPSA) is 39.3 Å². The monoisotopic (exact) mass is 1020 g/mol. The van der Waals surface area contributed by atoms with Crippen molar-refractivity contribution in [3.63, 3.8) is 0 Å². The summed E-state index contributed by atoms with van der Waals surface area (Å²) in [6.07, 6.45) is 72.1. The van der Waals surface area contributed by atoms with Crippen LogP contribution in [-0.4, -0.2) is 103 Å². The van der Waals surface area contributed by atoms with Crippen molar-refractivity contribution in [3.8, 4) is 0 Å². The van der Waals surface area contributed by atoms with E-state index < -0.39 is 5.60 Å². The average molecular weight is 1020 g/mol. The SMILES string of the molecule is CCCCCCCC/C=C\CCCCCCCCN(CCCCCCCC/C=C\CCCCCCCC)CCN(CCCCCCCC/C=C\CCCCCCCC)CCN1CCN(C(=O)OC(C)(C)C)CC1. The number of unbranched alkanes of at least 4 members (excludes halogenated alkanes) is 36. The van der Waals surface area contributed by atoms with Crippen molar-refractivity contribution in [2.45, 2.75) is 317 Å². The quantitative estimate of drug-likeness (QED) is 0.0448. The van der Waals surface area contributed by atoms with Crippen LogP contribution in [0, 0.1) is 0 Å². The van der Waals surface area contributed by atoms with Gasteiger partial charge >= 0.3 is 6.09 Å². The molecule has 0 atom stereocenters. The van der Waals surface area contributed by atoms with E-state index in [1.165, 1.54) is 302 Å². The lowest BCUT2D eigenvalue weighted by molar-refractivity contribution is 0.0137. The van der Waals surface area contributed by atoms with Gasteiger partial charge in [0.05, 0.1) is 0 Å². The molecule has 1 aliphatic rings. The van der Waals surface area contributed by atoms with E-state index in [1.807, 2.05) is 25.7 Å². The molecular weight excluding hydrogens is 893 g/mol. The van der Waals surface area contributed by atoms with Gasteiger partial charge in [0, 0.05) is 52.4 Å². The summed E-state index contributed by atoms with van der Waals surface area (Å²) >= 11 is 0. The second kappa shape index (κ2) is 53.8. The van der Waals surface area contributed by atoms with Gasteiger partial charge in [-0.3, -0.25) is 4.90 Å². The maximum absolute atomic E-state index is 12.8. The number of allylic oxidation sites excluding steroid dienone is 6. The minimum Gasteiger partial charge on any atom is -0.444 e. The minimum absolute atomic E-state index is 0.155. The first-order valence-electron chi connectivity index (χ1n) is 32.9. The van der Waals surface area contributed by atoms with Gasteiger partial charge in [-0.25, -0.2) is 4.79 Å². The molecular formula is C67H130N4O2. The van der Waals surface area contributed by atoms with Crippen LogP contribution in [0.15, 0.2) is 36.5 Å². The molecule has 0 radical (unpaired) electrons. The predicted octanol–water partition coefficient (Wildman–Crippen LogP) is 20.3. The van der Waals surface area contributed by atoms with Crippen LogP contribution in [0.4, 0.5) is 4.79 Å². The highest BCUT2D eigenvalue weighted by molar-refractivity contribution is 5.68. The fourth-order valence-corrected chi connectivity index (χ4v) is 10.5. The summed E-state index contributed by atoms with van der Waals surface area (Å²) in [4.78, 5) is 23.0. The van der Waals surface area contributed by atoms with Crippen molar-refractivity contribution in [1.29, 1.82) is 0 Å². The fourth-order valence-electron chi connectivity index (χ4n) is 10.5. The Morgan fingerprint density at radius 2 is 0.616 bits per heavy atom. The molecule has 0 N–H and O–H groups in total. The van der Waals surface area contributed by atoms with Gasteiger partial charge in [-0.2, -0.15) is 0 Å². The fraction of sp³-hybridized carbons (Fsp3) is 0.896. The molecule has 1 fully saturated rings. The first-order valence-corrected chi connectivity index (χ1v) is 32.9. The summed E-state index contributed by atoms with van der Waals surface area (Å²) in [5.74, 6) is 0. The van der Waals surface area contributed by atoms with Gasteiger partial charge in [0.2, 0.25) is 0 Å². The molecule has 1 rings (SSSR count). The van der Waals surface area contributed by atoms with Crippen LogP contribution in [0.5, 0.6) is 0 Å². The summed E-state index contributed by atoms with van der Waals surface area (Å²) in [5.41, 5.74) is -0.444. The van der Waals surface area contributed by atoms with Crippen molar-refractivity contribution in [3.05, 3.63) is 36.5 Å². The minimum atomic E-state index is -0.444. The van der Waals surface area contributed by atoms with E-state index in [-0.39, 0.29) is 6.09 Å². The second-order valence-electron chi connectivity index (χ2n) is 23.8. The molecule has 1 saturated heterocycles. The largest absolute Gasteiger partial charge is 0.444 e. The van der Waals surface area contributed by atoms with Crippen LogP contribution in [0.25, 0.3) is 0 Å². The number of ether oxygens (including phenoxy) is 1. The Morgan fingerprint density at radius 1 is 0.356 bits per heavy atom. The van der Waals surface area contributed by atoms with Crippen LogP contribution in [0.1, 0.15) is 311 Å². The Morgan fingerprint density at radius 3 is 0.904 bits per heavy atom. The summed E-state index contributed by atoms with van der Waals surface area (Å²) in [6.45, 7) is 24.6. The molecule has 0 aliphatic carbocycles. The highest BCUT2D eigenvalue weighted by Gasteiger charge is 2.26. The van der Waals surface area contributed by atoms with Crippen LogP contribution < -0.4 is 0 Å². The van der Waals surface area contributed by atoms with Gasteiger partial charge < -0.3 is 19.4 Å². The maximum Gasteiger partial charge on any atom is 0.410 e. The predicted molar refractivity (Wildman–Crippen MR) is 325 cm³/mol. The van der Waals surface area contributed by atoms with Crippen molar-refractivity contribution < 1.29 is 9.53 Å². The van der Waals surface area contributed by atoms with E-state index in [4.69, 9.17) is 4.74 Å². The summed E-state index contributed by atoms with van der Waals surface area (Å²) in [7, 11) is 0. The molecule has 430 valence electrons. The first kappa shape index (κ1) is 69.4. The number of nitrogens with zero attached hydrogens (tertiary/aromatic N) is 4. The number of hydrogen-bond acceptors (Lipinski definition) is 5. The molecule has 1 amide bonds. The number of piperazine rings is 1. The molecule has 6 nitrogen and oxygen atoms in total. The molecule has 73 heavy (non-hydrogen) atoms. The first-order chi connectivity index (χ1) is 35.8. The van der Waals surface area contributed by atoms with E-state index in [0.29, 0.717) is 0 Å². The molecule has 0 saturated carbocycles. The molecule has 0 aromatic carbocycles. The molecule has 0 aromatic rings. The van der Waals surface area contributed by atoms with Crippen molar-refractivity contribution in [1.82, 2.24) is 19.6 Å². The van der Waals surface area contributed by atoms with Crippen LogP contribution in [0.2, 0.25) is 0 Å². The third kappa shape index (κ3) is 49.7. The standard InChI is InChI=1S/C67H130N4O2/c1-7-10-13-16-19-22-25-28-31-34-37-40-43-46-49-52-55-68(56-53-50-47-44-41-38-35-32-29-26-23-20-17-14-11-8-2)58-59-69(60-61-70-62-64-71(65-63-70)66(72)73-67(4,5)6)57-54-51-48-45-42-39-36-33-30-27-24-21-18-15-12-9-3/h28-33H,7-27,34-65H2,1-6H3/b31-28-,32-29-,33-30-. The number of carbonyl (C=O) groups is 1. The summed E-state index contributed by atoms with van der Waals surface area (Å²) in [6, 6.07) is 0. The second-order valence-corrected chi connectivity index (χ2v) is 23.8. The summed E-state index contributed by atoms with van der Waals surface area (Å²) < 4.78 is 5.71. The van der Waals surface area contributed by atoms with Crippen molar-refractivity contribution >= 4 is 6.09 Å². The number of hydrogen-bond donors (Lipinski definition) is 0. The highest BCUT2D eigenvalue weighted by atomic mass is 16.6. The Bertz CT molecular complexity index is 1180. The maximum atomic E-state index is 12.8. The van der Waals surface area contributed by atoms with E-state index >= 15 is 0 Å². The van der Waals surface area contributed by atoms with E-state index in [0.717, 1.165) is 39.3 Å². The van der Waals surface area contributed by atoms with Crippen molar-refractivity contribution in [2.24, 2.45) is 0 Å². The van der Waals surface area contributed by atoms with E-state index in [1.54, 1.807) is 0 Å². The van der Waals surface area contributed by atoms with Gasteiger partial charge in [-0.05, 0) is 137 Å². The molecule has 1 aliphatic heterocycles. The lowest BCUT2D eigenvalue weighted by Gasteiger charge is -2.36. The molecule has 6 heteroatoms. The Hall–Kier alpha value is -1.63. The average Bonchev–Trinajstić information content (AvgIpc) is 3.38. The highest BCUT2D eigenvalue weighted by Crippen LogP contribution is 2.16. The number of rotatable bonds is 54. The van der Waals surface area contributed by atoms with E-state index in [2.05, 4.69) is 71.9 Å². The zero-order valence-corrected chi connectivity index (χ0v) is 50.5. The molecule has 0 spiro atoms. The van der Waals surface area contributed by atoms with Gasteiger partial charge in [0.1, 0.15) is 5.60 Å². The third-order valence-electron chi connectivity index (χ3n) is 15.4. The van der Waals surface area contributed by atoms with Crippen molar-refractivity contribution in [2.75, 3.05) is 72.0 Å². The van der Waals surface area contributed by atoms with Crippen LogP contribution >= 0.6 is 0 Å². The Kier molecular flexibility index (Phi) is 51.1. The zero-order chi connectivity index (χ0) is 52.8. The number of carbonyl (C=O) groups excluding carboxylic acids is 1. The van der Waals surface area contributed by atoms with E-state index in [9.17, 15) is 4.79 Å². The van der Waals surface area contributed by atoms with Crippen LogP contribution in [0.3, 0.4) is 0 Å². The lowest BCUT2D eigenvalue weighted by Crippen LogP contribution is -2.51. The molecule has 0 unspecified atom stereocenters. The van der Waals surface area contributed by atoms with Crippen LogP contribution in [-0.2, 0) is 4.74 Å². The Labute approximate surface area is 458 Å². The molecule has 0 bridgehead atoms. The van der Waals surface area contributed by atoms with Gasteiger partial charge in [0.15, 0.2) is 0 Å². The summed E-state index contributed by atoms with van der Waals surface area (Å²) in [5, 5.41) is 0. The van der Waals surface area contributed by atoms with Gasteiger partial charge in [-0.15, -0.1) is 0 Å².